The molecule has 0 aliphatic carbocycles. The molecule has 7 nitrogen and oxygen atoms in total. The highest BCUT2D eigenvalue weighted by atomic mass is 16.3. The SMILES string of the molecule is CC(O)CC(CNC(=O)NCc1ncnn1C)c1ccccc1. The minimum absolute atomic E-state index is 0.0665. The first-order valence-electron chi connectivity index (χ1n) is 7.64. The Morgan fingerprint density at radius 1 is 1.30 bits per heavy atom. The summed E-state index contributed by atoms with van der Waals surface area (Å²) in [6.45, 7) is 2.53. The lowest BCUT2D eigenvalue weighted by molar-refractivity contribution is 0.173. The summed E-state index contributed by atoms with van der Waals surface area (Å²) in [4.78, 5) is 16.0. The van der Waals surface area contributed by atoms with E-state index in [-0.39, 0.29) is 11.9 Å². The van der Waals surface area contributed by atoms with Crippen LogP contribution in [0.4, 0.5) is 4.79 Å². The van der Waals surface area contributed by atoms with Gasteiger partial charge in [0, 0.05) is 19.5 Å². The summed E-state index contributed by atoms with van der Waals surface area (Å²) < 4.78 is 1.61. The third-order valence-electron chi connectivity index (χ3n) is 3.62. The van der Waals surface area contributed by atoms with E-state index in [1.165, 1.54) is 6.33 Å². The van der Waals surface area contributed by atoms with E-state index in [1.807, 2.05) is 30.3 Å². The number of hydrogen-bond donors (Lipinski definition) is 3. The molecular formula is C16H23N5O2. The topological polar surface area (TPSA) is 92.1 Å². The lowest BCUT2D eigenvalue weighted by Crippen LogP contribution is -2.38. The number of aryl methyl sites for hydroxylation is 1. The van der Waals surface area contributed by atoms with Gasteiger partial charge in [0.25, 0.3) is 0 Å². The van der Waals surface area contributed by atoms with Crippen LogP contribution in [0.5, 0.6) is 0 Å². The predicted molar refractivity (Wildman–Crippen MR) is 86.7 cm³/mol. The number of aliphatic hydroxyl groups excluding tert-OH is 1. The van der Waals surface area contributed by atoms with Crippen LogP contribution >= 0.6 is 0 Å². The first-order chi connectivity index (χ1) is 11.1. The molecule has 1 heterocycles. The van der Waals surface area contributed by atoms with E-state index in [2.05, 4.69) is 20.7 Å². The summed E-state index contributed by atoms with van der Waals surface area (Å²) in [6.07, 6.45) is 1.61. The van der Waals surface area contributed by atoms with Gasteiger partial charge in [-0.2, -0.15) is 5.10 Å². The quantitative estimate of drug-likeness (QED) is 0.715. The van der Waals surface area contributed by atoms with Gasteiger partial charge in [0.2, 0.25) is 0 Å². The molecular weight excluding hydrogens is 294 g/mol. The van der Waals surface area contributed by atoms with E-state index in [9.17, 15) is 9.90 Å². The minimum atomic E-state index is -0.427. The van der Waals surface area contributed by atoms with E-state index in [4.69, 9.17) is 0 Å². The van der Waals surface area contributed by atoms with Crippen molar-refractivity contribution in [2.45, 2.75) is 31.9 Å². The Bertz CT molecular complexity index is 612. The van der Waals surface area contributed by atoms with Crippen molar-refractivity contribution >= 4 is 6.03 Å². The lowest BCUT2D eigenvalue weighted by atomic mass is 9.93. The van der Waals surface area contributed by atoms with Gasteiger partial charge in [-0.05, 0) is 18.9 Å². The summed E-state index contributed by atoms with van der Waals surface area (Å²) in [6, 6.07) is 9.61. The van der Waals surface area contributed by atoms with E-state index in [0.717, 1.165) is 5.56 Å². The van der Waals surface area contributed by atoms with Crippen LogP contribution in [-0.2, 0) is 13.6 Å². The van der Waals surface area contributed by atoms with Gasteiger partial charge >= 0.3 is 6.03 Å². The number of nitrogens with zero attached hydrogens (tertiary/aromatic N) is 3. The average Bonchev–Trinajstić information content (AvgIpc) is 2.95. The summed E-state index contributed by atoms with van der Waals surface area (Å²) >= 11 is 0. The molecule has 2 unspecified atom stereocenters. The zero-order valence-electron chi connectivity index (χ0n) is 13.4. The van der Waals surface area contributed by atoms with Gasteiger partial charge in [-0.25, -0.2) is 9.78 Å². The van der Waals surface area contributed by atoms with Crippen molar-refractivity contribution in [3.63, 3.8) is 0 Å². The zero-order chi connectivity index (χ0) is 16.7. The smallest absolute Gasteiger partial charge is 0.315 e. The maximum absolute atomic E-state index is 11.9. The Balaban J connectivity index is 1.85. The molecule has 1 aromatic heterocycles. The van der Waals surface area contributed by atoms with Crippen LogP contribution in [-0.4, -0.2) is 38.6 Å². The molecule has 0 spiro atoms. The van der Waals surface area contributed by atoms with Crippen molar-refractivity contribution in [2.75, 3.05) is 6.54 Å². The fourth-order valence-corrected chi connectivity index (χ4v) is 2.39. The molecule has 3 N–H and O–H groups in total. The van der Waals surface area contributed by atoms with E-state index in [0.29, 0.717) is 25.3 Å². The first kappa shape index (κ1) is 17.0. The molecule has 0 aliphatic rings. The van der Waals surface area contributed by atoms with Crippen molar-refractivity contribution < 1.29 is 9.90 Å². The number of benzene rings is 1. The van der Waals surface area contributed by atoms with Crippen LogP contribution in [0.1, 0.15) is 30.7 Å². The highest BCUT2D eigenvalue weighted by molar-refractivity contribution is 5.73. The second kappa shape index (κ2) is 8.28. The molecule has 23 heavy (non-hydrogen) atoms. The third kappa shape index (κ3) is 5.37. The van der Waals surface area contributed by atoms with E-state index >= 15 is 0 Å². The number of carbonyl (C=O) groups excluding carboxylic acids is 1. The molecule has 0 saturated carbocycles. The maximum Gasteiger partial charge on any atom is 0.315 e. The maximum atomic E-state index is 11.9. The molecule has 2 rings (SSSR count). The number of rotatable bonds is 7. The molecule has 0 bridgehead atoms. The normalized spacial score (nSPS) is 13.3. The molecule has 2 amide bonds. The molecule has 2 atom stereocenters. The highest BCUT2D eigenvalue weighted by Gasteiger charge is 2.15. The summed E-state index contributed by atoms with van der Waals surface area (Å²) in [5.74, 6) is 0.750. The summed E-state index contributed by atoms with van der Waals surface area (Å²) in [5, 5.41) is 19.2. The number of nitrogens with one attached hydrogen (secondary N) is 2. The lowest BCUT2D eigenvalue weighted by Gasteiger charge is -2.19. The van der Waals surface area contributed by atoms with Crippen LogP contribution < -0.4 is 10.6 Å². The average molecular weight is 317 g/mol. The van der Waals surface area contributed by atoms with Gasteiger partial charge < -0.3 is 15.7 Å². The van der Waals surface area contributed by atoms with Gasteiger partial charge in [-0.3, -0.25) is 4.68 Å². The monoisotopic (exact) mass is 317 g/mol. The number of aromatic nitrogens is 3. The Labute approximate surface area is 135 Å². The number of carbonyl (C=O) groups is 1. The zero-order valence-corrected chi connectivity index (χ0v) is 13.4. The van der Waals surface area contributed by atoms with Crippen LogP contribution in [0.3, 0.4) is 0 Å². The van der Waals surface area contributed by atoms with Gasteiger partial charge in [0.05, 0.1) is 12.6 Å². The molecule has 0 fully saturated rings. The van der Waals surface area contributed by atoms with Crippen molar-refractivity contribution in [3.8, 4) is 0 Å². The standard InChI is InChI=1S/C16H23N5O2/c1-12(22)8-14(13-6-4-3-5-7-13)9-17-16(23)18-10-15-19-11-20-21(15)2/h3-7,11-12,14,22H,8-10H2,1-2H3,(H2,17,18,23). The highest BCUT2D eigenvalue weighted by Crippen LogP contribution is 2.20. The second-order valence-corrected chi connectivity index (χ2v) is 5.56. The van der Waals surface area contributed by atoms with Gasteiger partial charge in [-0.1, -0.05) is 30.3 Å². The summed E-state index contributed by atoms with van der Waals surface area (Å²) in [7, 11) is 1.77. The molecule has 124 valence electrons. The fraction of sp³-hybridized carbons (Fsp3) is 0.438. The molecule has 0 radical (unpaired) electrons. The Hall–Kier alpha value is -2.41. The molecule has 0 saturated heterocycles. The van der Waals surface area contributed by atoms with Crippen LogP contribution in [0.2, 0.25) is 0 Å². The van der Waals surface area contributed by atoms with Gasteiger partial charge in [-0.15, -0.1) is 0 Å². The second-order valence-electron chi connectivity index (χ2n) is 5.56. The molecule has 0 aliphatic heterocycles. The molecule has 2 aromatic rings. The van der Waals surface area contributed by atoms with Gasteiger partial charge in [0.15, 0.2) is 0 Å². The Morgan fingerprint density at radius 3 is 2.65 bits per heavy atom. The summed E-state index contributed by atoms with van der Waals surface area (Å²) in [5.41, 5.74) is 1.10. The Morgan fingerprint density at radius 2 is 2.04 bits per heavy atom. The number of hydrogen-bond acceptors (Lipinski definition) is 4. The van der Waals surface area contributed by atoms with E-state index < -0.39 is 6.10 Å². The largest absolute Gasteiger partial charge is 0.393 e. The van der Waals surface area contributed by atoms with Crippen LogP contribution in [0.25, 0.3) is 0 Å². The predicted octanol–water partition coefficient (Wildman–Crippen LogP) is 1.17. The van der Waals surface area contributed by atoms with Crippen molar-refractivity contribution in [3.05, 3.63) is 48.0 Å². The Kier molecular flexibility index (Phi) is 6.10. The van der Waals surface area contributed by atoms with Crippen molar-refractivity contribution in [1.82, 2.24) is 25.4 Å². The molecule has 1 aromatic carbocycles. The van der Waals surface area contributed by atoms with Crippen molar-refractivity contribution in [2.24, 2.45) is 7.05 Å². The third-order valence-corrected chi connectivity index (χ3v) is 3.62. The minimum Gasteiger partial charge on any atom is -0.393 e. The molecule has 7 heteroatoms. The van der Waals surface area contributed by atoms with Crippen LogP contribution in [0, 0.1) is 0 Å². The fourth-order valence-electron chi connectivity index (χ4n) is 2.39. The van der Waals surface area contributed by atoms with E-state index in [1.54, 1.807) is 18.7 Å². The number of amides is 2. The first-order valence-corrected chi connectivity index (χ1v) is 7.64. The number of urea groups is 1. The van der Waals surface area contributed by atoms with Gasteiger partial charge in [0.1, 0.15) is 12.2 Å². The number of aliphatic hydroxyl groups is 1. The van der Waals surface area contributed by atoms with Crippen LogP contribution in [0.15, 0.2) is 36.7 Å². The van der Waals surface area contributed by atoms with Crippen molar-refractivity contribution in [1.29, 1.82) is 0 Å².